The number of rotatable bonds is 3. The van der Waals surface area contributed by atoms with Gasteiger partial charge in [0.05, 0.1) is 0 Å². The molecule has 4 aromatic rings. The SMILES string of the molecule is Cc1ccncc1/C=C/c1nc(-c2cccc3ccccc23)no1. The molecule has 0 saturated heterocycles. The summed E-state index contributed by atoms with van der Waals surface area (Å²) in [6.45, 7) is 2.04. The minimum Gasteiger partial charge on any atom is -0.334 e. The summed E-state index contributed by atoms with van der Waals surface area (Å²) < 4.78 is 5.36. The van der Waals surface area contributed by atoms with Gasteiger partial charge in [0.2, 0.25) is 5.82 Å². The smallest absolute Gasteiger partial charge is 0.250 e. The second-order valence-electron chi connectivity index (χ2n) is 5.55. The zero-order valence-corrected chi connectivity index (χ0v) is 13.2. The summed E-state index contributed by atoms with van der Waals surface area (Å²) in [6.07, 6.45) is 7.33. The summed E-state index contributed by atoms with van der Waals surface area (Å²) in [5.41, 5.74) is 3.14. The van der Waals surface area contributed by atoms with Crippen LogP contribution in [-0.2, 0) is 0 Å². The molecule has 0 radical (unpaired) electrons. The fraction of sp³-hybridized carbons (Fsp3) is 0.0500. The Morgan fingerprint density at radius 1 is 0.958 bits per heavy atom. The third-order valence-corrected chi connectivity index (χ3v) is 3.96. The third kappa shape index (κ3) is 2.70. The van der Waals surface area contributed by atoms with E-state index in [-0.39, 0.29) is 0 Å². The van der Waals surface area contributed by atoms with Gasteiger partial charge in [0.1, 0.15) is 0 Å². The van der Waals surface area contributed by atoms with E-state index < -0.39 is 0 Å². The van der Waals surface area contributed by atoms with Gasteiger partial charge in [-0.05, 0) is 41.0 Å². The zero-order chi connectivity index (χ0) is 16.4. The predicted molar refractivity (Wildman–Crippen MR) is 95.1 cm³/mol. The molecule has 0 amide bonds. The molecule has 0 unspecified atom stereocenters. The van der Waals surface area contributed by atoms with Crippen molar-refractivity contribution in [1.29, 1.82) is 0 Å². The van der Waals surface area contributed by atoms with Crippen LogP contribution in [0.4, 0.5) is 0 Å². The highest BCUT2D eigenvalue weighted by Crippen LogP contribution is 2.26. The number of fused-ring (bicyclic) bond motifs is 1. The molecule has 2 aromatic heterocycles. The highest BCUT2D eigenvalue weighted by atomic mass is 16.5. The van der Waals surface area contributed by atoms with Crippen LogP contribution in [-0.4, -0.2) is 15.1 Å². The lowest BCUT2D eigenvalue weighted by atomic mass is 10.0. The van der Waals surface area contributed by atoms with Gasteiger partial charge in [-0.15, -0.1) is 0 Å². The molecule has 0 N–H and O–H groups in total. The van der Waals surface area contributed by atoms with Crippen LogP contribution >= 0.6 is 0 Å². The van der Waals surface area contributed by atoms with Gasteiger partial charge in [-0.3, -0.25) is 4.98 Å². The van der Waals surface area contributed by atoms with Crippen molar-refractivity contribution in [3.8, 4) is 11.4 Å². The fourth-order valence-corrected chi connectivity index (χ4v) is 2.64. The highest BCUT2D eigenvalue weighted by molar-refractivity contribution is 5.95. The summed E-state index contributed by atoms with van der Waals surface area (Å²) in [5, 5.41) is 6.38. The van der Waals surface area contributed by atoms with Crippen LogP contribution in [0.3, 0.4) is 0 Å². The van der Waals surface area contributed by atoms with Gasteiger partial charge in [0.15, 0.2) is 0 Å². The first-order chi connectivity index (χ1) is 11.8. The van der Waals surface area contributed by atoms with E-state index in [1.807, 2.05) is 55.6 Å². The van der Waals surface area contributed by atoms with Gasteiger partial charge in [0.25, 0.3) is 5.89 Å². The van der Waals surface area contributed by atoms with Gasteiger partial charge < -0.3 is 4.52 Å². The Kier molecular flexibility index (Phi) is 3.63. The summed E-state index contributed by atoms with van der Waals surface area (Å²) >= 11 is 0. The Morgan fingerprint density at radius 3 is 2.75 bits per heavy atom. The Balaban J connectivity index is 1.69. The monoisotopic (exact) mass is 313 g/mol. The summed E-state index contributed by atoms with van der Waals surface area (Å²) in [6, 6.07) is 16.2. The number of hydrogen-bond acceptors (Lipinski definition) is 4. The molecule has 4 nitrogen and oxygen atoms in total. The molecule has 0 aliphatic heterocycles. The van der Waals surface area contributed by atoms with Gasteiger partial charge in [-0.1, -0.05) is 47.6 Å². The Hall–Kier alpha value is -3.27. The molecule has 0 atom stereocenters. The maximum absolute atomic E-state index is 5.36. The average Bonchev–Trinajstić information content (AvgIpc) is 3.09. The largest absolute Gasteiger partial charge is 0.334 e. The molecule has 0 aliphatic rings. The van der Waals surface area contributed by atoms with Crippen molar-refractivity contribution < 1.29 is 4.52 Å². The van der Waals surface area contributed by atoms with Crippen LogP contribution in [0.15, 0.2) is 65.4 Å². The molecular weight excluding hydrogens is 298 g/mol. The van der Waals surface area contributed by atoms with Crippen molar-refractivity contribution in [3.63, 3.8) is 0 Å². The van der Waals surface area contributed by atoms with Gasteiger partial charge in [-0.2, -0.15) is 4.98 Å². The van der Waals surface area contributed by atoms with Crippen LogP contribution in [0.5, 0.6) is 0 Å². The lowest BCUT2D eigenvalue weighted by Gasteiger charge is -2.01. The molecule has 0 bridgehead atoms. The number of hydrogen-bond donors (Lipinski definition) is 0. The molecule has 24 heavy (non-hydrogen) atoms. The Morgan fingerprint density at radius 2 is 1.83 bits per heavy atom. The number of aryl methyl sites for hydroxylation is 1. The number of benzene rings is 2. The van der Waals surface area contributed by atoms with E-state index in [1.165, 1.54) is 0 Å². The van der Waals surface area contributed by atoms with Crippen molar-refractivity contribution in [2.24, 2.45) is 0 Å². The first kappa shape index (κ1) is 14.3. The normalized spacial score (nSPS) is 11.4. The first-order valence-electron chi connectivity index (χ1n) is 7.72. The molecule has 116 valence electrons. The van der Waals surface area contributed by atoms with E-state index in [9.17, 15) is 0 Å². The Labute approximate surface area is 139 Å². The molecule has 4 rings (SSSR count). The molecule has 4 heteroatoms. The second-order valence-corrected chi connectivity index (χ2v) is 5.55. The highest BCUT2D eigenvalue weighted by Gasteiger charge is 2.09. The van der Waals surface area contributed by atoms with Crippen molar-refractivity contribution in [2.45, 2.75) is 6.92 Å². The minimum atomic E-state index is 0.473. The minimum absolute atomic E-state index is 0.473. The van der Waals surface area contributed by atoms with E-state index in [0.29, 0.717) is 11.7 Å². The lowest BCUT2D eigenvalue weighted by Crippen LogP contribution is -1.83. The van der Waals surface area contributed by atoms with E-state index >= 15 is 0 Å². The topological polar surface area (TPSA) is 51.8 Å². The Bertz CT molecular complexity index is 1030. The van der Waals surface area contributed by atoms with Crippen LogP contribution in [0.2, 0.25) is 0 Å². The first-order valence-corrected chi connectivity index (χ1v) is 7.72. The van der Waals surface area contributed by atoms with Gasteiger partial charge >= 0.3 is 0 Å². The third-order valence-electron chi connectivity index (χ3n) is 3.96. The zero-order valence-electron chi connectivity index (χ0n) is 13.2. The van der Waals surface area contributed by atoms with Crippen LogP contribution < -0.4 is 0 Å². The maximum atomic E-state index is 5.36. The second kappa shape index (κ2) is 6.08. The molecule has 0 saturated carbocycles. The van der Waals surface area contributed by atoms with Gasteiger partial charge in [-0.25, -0.2) is 0 Å². The summed E-state index contributed by atoms with van der Waals surface area (Å²) in [5.74, 6) is 1.07. The molecule has 2 heterocycles. The lowest BCUT2D eigenvalue weighted by molar-refractivity contribution is 0.411. The number of nitrogens with zero attached hydrogens (tertiary/aromatic N) is 3. The van der Waals surface area contributed by atoms with Crippen LogP contribution in [0.25, 0.3) is 34.3 Å². The van der Waals surface area contributed by atoms with Crippen molar-refractivity contribution >= 4 is 22.9 Å². The average molecular weight is 313 g/mol. The van der Waals surface area contributed by atoms with E-state index in [1.54, 1.807) is 6.20 Å². The van der Waals surface area contributed by atoms with E-state index in [4.69, 9.17) is 4.52 Å². The molecule has 0 aliphatic carbocycles. The molecule has 0 spiro atoms. The fourth-order valence-electron chi connectivity index (χ4n) is 2.64. The summed E-state index contributed by atoms with van der Waals surface area (Å²) in [7, 11) is 0. The van der Waals surface area contributed by atoms with E-state index in [0.717, 1.165) is 27.5 Å². The number of aromatic nitrogens is 3. The van der Waals surface area contributed by atoms with E-state index in [2.05, 4.69) is 33.3 Å². The summed E-state index contributed by atoms with van der Waals surface area (Å²) in [4.78, 5) is 8.62. The van der Waals surface area contributed by atoms with Crippen molar-refractivity contribution in [3.05, 3.63) is 77.9 Å². The van der Waals surface area contributed by atoms with Crippen LogP contribution in [0.1, 0.15) is 17.0 Å². The number of pyridine rings is 1. The molecular formula is C20H15N3O. The maximum Gasteiger partial charge on any atom is 0.250 e. The molecule has 0 fully saturated rings. The standard InChI is InChI=1S/C20H15N3O/c1-14-11-12-21-13-16(14)9-10-19-22-20(23-24-19)18-8-4-6-15-5-2-3-7-17(15)18/h2-13H,1H3/b10-9+. The van der Waals surface area contributed by atoms with Crippen LogP contribution in [0, 0.1) is 6.92 Å². The van der Waals surface area contributed by atoms with Crippen molar-refractivity contribution in [1.82, 2.24) is 15.1 Å². The predicted octanol–water partition coefficient (Wildman–Crippen LogP) is 4.76. The van der Waals surface area contributed by atoms with Crippen molar-refractivity contribution in [2.75, 3.05) is 0 Å². The quantitative estimate of drug-likeness (QED) is 0.547. The molecule has 2 aromatic carbocycles. The van der Waals surface area contributed by atoms with Gasteiger partial charge in [0, 0.05) is 24.0 Å².